The van der Waals surface area contributed by atoms with Crippen LogP contribution in [0.2, 0.25) is 0 Å². The fourth-order valence-corrected chi connectivity index (χ4v) is 9.16. The van der Waals surface area contributed by atoms with Crippen molar-refractivity contribution in [2.45, 2.75) is 103 Å². The summed E-state index contributed by atoms with van der Waals surface area (Å²) in [5, 5.41) is 69.1. The van der Waals surface area contributed by atoms with Crippen LogP contribution < -0.4 is 0 Å². The number of carbonyl (C=O) groups is 4. The Morgan fingerprint density at radius 1 is 0.700 bits per heavy atom. The van der Waals surface area contributed by atoms with E-state index in [1.165, 1.54) is 39.8 Å². The zero-order valence-electron chi connectivity index (χ0n) is 28.7. The van der Waals surface area contributed by atoms with Crippen molar-refractivity contribution in [3.05, 3.63) is 68.8 Å². The summed E-state index contributed by atoms with van der Waals surface area (Å²) in [6.45, 7) is 8.67. The molecule has 4 aliphatic rings. The van der Waals surface area contributed by atoms with Gasteiger partial charge in [0.25, 0.3) is 0 Å². The predicted molar refractivity (Wildman–Crippen MR) is 177 cm³/mol. The minimum atomic E-state index is -1.59. The average molecular weight is 691 g/mol. The first-order valence-electron chi connectivity index (χ1n) is 16.6. The number of hydrogen-bond donors (Lipinski definition) is 6. The fourth-order valence-electron chi connectivity index (χ4n) is 9.16. The number of ether oxygens (including phenoxy) is 2. The van der Waals surface area contributed by atoms with E-state index in [0.717, 1.165) is 0 Å². The number of rotatable bonds is 5. The Balaban J connectivity index is 1.42. The summed E-state index contributed by atoms with van der Waals surface area (Å²) in [5.74, 6) is -4.58. The molecule has 0 spiro atoms. The van der Waals surface area contributed by atoms with Gasteiger partial charge in [0.05, 0.1) is 11.2 Å². The van der Waals surface area contributed by atoms with E-state index in [2.05, 4.69) is 0 Å². The number of ketones is 2. The molecule has 0 fully saturated rings. The lowest BCUT2D eigenvalue weighted by Crippen LogP contribution is -2.50. The van der Waals surface area contributed by atoms with E-state index < -0.39 is 82.5 Å². The standard InChI is InChI=1S/C38H42O12/c1-15(49-17(3)39)31-23-11-19-7-9-21(33(43)27(19)35(45)29(23)25(41)13-37(31,5)47)22-10-8-20-12-24-30(36(46)28(20)34(22)44)26(42)14-38(6,48)32(24)16(2)50-18(4)40/h7-10,15-16,31-32,35-36,43-48H,11-14H2,1-6H3/t15-,16-,31-,32-,35?,36?,37+,38+/m1/s1. The van der Waals surface area contributed by atoms with Gasteiger partial charge in [-0.15, -0.1) is 0 Å². The normalized spacial score (nSPS) is 30.1. The first kappa shape index (κ1) is 35.5. The molecule has 8 atom stereocenters. The highest BCUT2D eigenvalue weighted by Crippen LogP contribution is 2.54. The maximum absolute atomic E-state index is 13.4. The second kappa shape index (κ2) is 12.2. The van der Waals surface area contributed by atoms with Gasteiger partial charge in [-0.2, -0.15) is 0 Å². The second-order valence-electron chi connectivity index (χ2n) is 14.6. The van der Waals surface area contributed by atoms with Crippen molar-refractivity contribution in [3.63, 3.8) is 0 Å². The number of esters is 2. The summed E-state index contributed by atoms with van der Waals surface area (Å²) in [6, 6.07) is 6.31. The van der Waals surface area contributed by atoms with Crippen molar-refractivity contribution in [1.82, 2.24) is 0 Å². The summed E-state index contributed by atoms with van der Waals surface area (Å²) >= 11 is 0. The van der Waals surface area contributed by atoms with Crippen molar-refractivity contribution < 1.29 is 59.3 Å². The number of aliphatic hydroxyl groups excluding tert-OH is 2. The number of aliphatic hydroxyl groups is 4. The number of carbonyl (C=O) groups excluding carboxylic acids is 4. The molecule has 0 aliphatic heterocycles. The van der Waals surface area contributed by atoms with E-state index in [-0.39, 0.29) is 59.1 Å². The zero-order valence-corrected chi connectivity index (χ0v) is 28.7. The lowest BCUT2D eigenvalue weighted by Gasteiger charge is -2.45. The Labute approximate surface area is 288 Å². The molecule has 12 nitrogen and oxygen atoms in total. The highest BCUT2D eigenvalue weighted by atomic mass is 16.5. The van der Waals surface area contributed by atoms with Crippen LogP contribution in [0.4, 0.5) is 0 Å². The number of benzene rings is 2. The maximum Gasteiger partial charge on any atom is 0.302 e. The molecule has 6 rings (SSSR count). The summed E-state index contributed by atoms with van der Waals surface area (Å²) in [7, 11) is 0. The highest BCUT2D eigenvalue weighted by Gasteiger charge is 2.52. The molecule has 2 aromatic carbocycles. The molecule has 0 saturated heterocycles. The highest BCUT2D eigenvalue weighted by molar-refractivity contribution is 6.01. The van der Waals surface area contributed by atoms with Crippen LogP contribution in [-0.4, -0.2) is 77.6 Å². The van der Waals surface area contributed by atoms with Crippen molar-refractivity contribution in [2.24, 2.45) is 11.8 Å². The van der Waals surface area contributed by atoms with Gasteiger partial charge in [-0.3, -0.25) is 19.2 Å². The van der Waals surface area contributed by atoms with Gasteiger partial charge < -0.3 is 40.1 Å². The molecule has 6 N–H and O–H groups in total. The minimum Gasteiger partial charge on any atom is -0.507 e. The Morgan fingerprint density at radius 3 is 1.36 bits per heavy atom. The Kier molecular flexibility index (Phi) is 8.62. The van der Waals surface area contributed by atoms with Gasteiger partial charge in [0.1, 0.15) is 35.9 Å². The van der Waals surface area contributed by atoms with Crippen LogP contribution in [0.1, 0.15) is 88.8 Å². The molecule has 2 unspecified atom stereocenters. The van der Waals surface area contributed by atoms with E-state index in [0.29, 0.717) is 22.3 Å². The molecule has 12 heteroatoms. The van der Waals surface area contributed by atoms with Crippen LogP contribution in [0.15, 0.2) is 46.6 Å². The number of fused-ring (bicyclic) bond motifs is 2. The molecular formula is C38H42O12. The van der Waals surface area contributed by atoms with E-state index in [1.807, 2.05) is 0 Å². The van der Waals surface area contributed by atoms with Gasteiger partial charge in [-0.05, 0) is 62.8 Å². The second-order valence-corrected chi connectivity index (χ2v) is 14.6. The number of aromatic hydroxyl groups is 2. The predicted octanol–water partition coefficient (Wildman–Crippen LogP) is 3.12. The van der Waals surface area contributed by atoms with Crippen LogP contribution in [0.5, 0.6) is 11.5 Å². The third-order valence-corrected chi connectivity index (χ3v) is 10.8. The molecule has 2 aromatic rings. The van der Waals surface area contributed by atoms with E-state index in [1.54, 1.807) is 26.0 Å². The molecule has 50 heavy (non-hydrogen) atoms. The summed E-state index contributed by atoms with van der Waals surface area (Å²) in [4.78, 5) is 50.3. The summed E-state index contributed by atoms with van der Waals surface area (Å²) in [5.41, 5.74) is -1.09. The summed E-state index contributed by atoms with van der Waals surface area (Å²) in [6.07, 6.45) is -5.37. The number of phenolic OH excluding ortho intramolecular Hbond substituents is 2. The van der Waals surface area contributed by atoms with E-state index in [9.17, 15) is 49.8 Å². The lowest BCUT2D eigenvalue weighted by atomic mass is 9.64. The van der Waals surface area contributed by atoms with Crippen molar-refractivity contribution >= 4 is 23.5 Å². The topological polar surface area (TPSA) is 208 Å². The van der Waals surface area contributed by atoms with Crippen LogP contribution in [0.25, 0.3) is 11.1 Å². The third-order valence-electron chi connectivity index (χ3n) is 10.8. The first-order valence-corrected chi connectivity index (χ1v) is 16.6. The van der Waals surface area contributed by atoms with Crippen molar-refractivity contribution in [1.29, 1.82) is 0 Å². The van der Waals surface area contributed by atoms with Crippen LogP contribution in [-0.2, 0) is 41.5 Å². The number of hydrogen-bond acceptors (Lipinski definition) is 12. The minimum absolute atomic E-state index is 0.00857. The van der Waals surface area contributed by atoms with Gasteiger partial charge in [0.15, 0.2) is 11.6 Å². The molecule has 0 aromatic heterocycles. The Hall–Kier alpha value is -4.36. The molecule has 4 aliphatic carbocycles. The molecule has 0 bridgehead atoms. The number of phenols is 2. The van der Waals surface area contributed by atoms with Gasteiger partial charge in [-0.1, -0.05) is 24.3 Å². The van der Waals surface area contributed by atoms with E-state index >= 15 is 0 Å². The van der Waals surface area contributed by atoms with Crippen molar-refractivity contribution in [3.8, 4) is 22.6 Å². The van der Waals surface area contributed by atoms with Gasteiger partial charge >= 0.3 is 11.9 Å². The maximum atomic E-state index is 13.4. The monoisotopic (exact) mass is 690 g/mol. The summed E-state index contributed by atoms with van der Waals surface area (Å²) < 4.78 is 10.8. The van der Waals surface area contributed by atoms with Gasteiger partial charge in [-0.25, -0.2) is 0 Å². The lowest BCUT2D eigenvalue weighted by molar-refractivity contribution is -0.155. The SMILES string of the molecule is CC(=O)O[C@H](C)[C@@H]1C2=C(C(=O)C[C@]1(C)O)C(O)c1c(ccc(-c3ccc4c(c3O)C(O)C3=C(C4)[C@@H]([C@@H](C)OC(C)=O)[C@@](C)(O)CC3=O)c1O)C2. The van der Waals surface area contributed by atoms with Gasteiger partial charge in [0.2, 0.25) is 0 Å². The Bertz CT molecular complexity index is 1780. The van der Waals surface area contributed by atoms with Crippen LogP contribution in [0.3, 0.4) is 0 Å². The largest absolute Gasteiger partial charge is 0.507 e. The average Bonchev–Trinajstić information content (AvgIpc) is 2.95. The zero-order chi connectivity index (χ0) is 36.8. The molecule has 0 amide bonds. The molecular weight excluding hydrogens is 648 g/mol. The quantitative estimate of drug-likeness (QED) is 0.250. The number of Topliss-reactive ketones (excluding diaryl/α,β-unsaturated/α-hetero) is 2. The van der Waals surface area contributed by atoms with E-state index in [4.69, 9.17) is 9.47 Å². The smallest absolute Gasteiger partial charge is 0.302 e. The van der Waals surface area contributed by atoms with Gasteiger partial charge in [0, 0.05) is 71.9 Å². The molecule has 0 radical (unpaired) electrons. The molecule has 0 saturated carbocycles. The van der Waals surface area contributed by atoms with Crippen molar-refractivity contribution in [2.75, 3.05) is 0 Å². The Morgan fingerprint density at radius 2 is 1.04 bits per heavy atom. The first-order chi connectivity index (χ1) is 23.3. The van der Waals surface area contributed by atoms with Crippen LogP contribution >= 0.6 is 0 Å². The third kappa shape index (κ3) is 5.54. The molecule has 266 valence electrons. The molecule has 0 heterocycles. The van der Waals surface area contributed by atoms with Crippen LogP contribution in [0, 0.1) is 11.8 Å². The fraction of sp³-hybridized carbons (Fsp3) is 0.474.